The Morgan fingerprint density at radius 2 is 1.75 bits per heavy atom. The molecule has 1 saturated heterocycles. The predicted octanol–water partition coefficient (Wildman–Crippen LogP) is 10.3. The van der Waals surface area contributed by atoms with Gasteiger partial charge in [-0.3, -0.25) is 14.1 Å². The second-order valence-corrected chi connectivity index (χ2v) is 22.9. The smallest absolute Gasteiger partial charge is 0.224 e. The van der Waals surface area contributed by atoms with E-state index >= 15 is 0 Å². The fourth-order valence-corrected chi connectivity index (χ4v) is 8.57. The second-order valence-electron chi connectivity index (χ2n) is 18.1. The molecule has 3 heterocycles. The molecule has 1 fully saturated rings. The van der Waals surface area contributed by atoms with Crippen molar-refractivity contribution in [3.8, 4) is 5.75 Å². The summed E-state index contributed by atoms with van der Waals surface area (Å²) >= 11 is 0. The summed E-state index contributed by atoms with van der Waals surface area (Å²) in [4.78, 5) is 15.7. The molecule has 0 spiro atoms. The van der Waals surface area contributed by atoms with E-state index in [4.69, 9.17) is 9.16 Å². The van der Waals surface area contributed by atoms with Gasteiger partial charge in [0.15, 0.2) is 19.8 Å². The molecule has 0 radical (unpaired) electrons. The molecule has 2 aromatic carbocycles. The number of benzene rings is 2. The molecule has 3 atom stereocenters. The quantitative estimate of drug-likeness (QED) is 0.155. The average Bonchev–Trinajstić information content (AvgIpc) is 3.66. The van der Waals surface area contributed by atoms with Crippen molar-refractivity contribution in [1.29, 1.82) is 0 Å². The first-order valence-electron chi connectivity index (χ1n) is 19.3. The van der Waals surface area contributed by atoms with Gasteiger partial charge in [0.05, 0.1) is 18.3 Å². The fraction of sp³-hybridized carbons (Fsp3) is 0.558. The van der Waals surface area contributed by atoms with Gasteiger partial charge >= 0.3 is 0 Å². The number of likely N-dealkylation sites (tertiary alicyclic amines) is 1. The van der Waals surface area contributed by atoms with E-state index in [2.05, 4.69) is 142 Å². The van der Waals surface area contributed by atoms with E-state index in [0.717, 1.165) is 73.5 Å². The zero-order chi connectivity index (χ0) is 37.5. The van der Waals surface area contributed by atoms with Gasteiger partial charge in [0.25, 0.3) is 0 Å². The number of hydrogen-bond donors (Lipinski definition) is 1. The molecule has 0 saturated carbocycles. The molecule has 4 aromatic rings. The van der Waals surface area contributed by atoms with Gasteiger partial charge < -0.3 is 14.5 Å². The molecular formula is C43H61N5O3Si. The van der Waals surface area contributed by atoms with Crippen molar-refractivity contribution < 1.29 is 14.0 Å². The van der Waals surface area contributed by atoms with Crippen LogP contribution in [0.25, 0.3) is 5.65 Å². The highest BCUT2D eigenvalue weighted by Crippen LogP contribution is 2.43. The van der Waals surface area contributed by atoms with Crippen LogP contribution < -0.4 is 10.1 Å². The lowest BCUT2D eigenvalue weighted by molar-refractivity contribution is -0.116. The summed E-state index contributed by atoms with van der Waals surface area (Å²) in [7, 11) is 0.266. The van der Waals surface area contributed by atoms with E-state index in [1.807, 2.05) is 12.1 Å². The van der Waals surface area contributed by atoms with Crippen molar-refractivity contribution >= 4 is 25.6 Å². The number of carbonyl (C=O) groups is 1. The number of nitrogens with zero attached hydrogens (tertiary/aromatic N) is 4. The summed E-state index contributed by atoms with van der Waals surface area (Å²) in [5, 5.41) is 12.5. The van der Waals surface area contributed by atoms with E-state index in [1.54, 1.807) is 0 Å². The van der Waals surface area contributed by atoms with E-state index in [-0.39, 0.29) is 28.0 Å². The van der Waals surface area contributed by atoms with Crippen LogP contribution in [0.4, 0.5) is 5.69 Å². The van der Waals surface area contributed by atoms with Gasteiger partial charge in [-0.05, 0) is 135 Å². The third-order valence-electron chi connectivity index (χ3n) is 12.2. The summed E-state index contributed by atoms with van der Waals surface area (Å²) in [6.45, 7) is 21.9. The number of amides is 1. The molecule has 2 aromatic heterocycles. The molecule has 280 valence electrons. The van der Waals surface area contributed by atoms with Crippen molar-refractivity contribution in [3.63, 3.8) is 0 Å². The van der Waals surface area contributed by atoms with Crippen LogP contribution in [0.2, 0.25) is 18.1 Å². The van der Waals surface area contributed by atoms with E-state index in [1.165, 1.54) is 16.7 Å². The van der Waals surface area contributed by atoms with Crippen LogP contribution in [0.15, 0.2) is 60.8 Å². The molecule has 52 heavy (non-hydrogen) atoms. The molecule has 1 N–H and O–H groups in total. The molecule has 0 unspecified atom stereocenters. The van der Waals surface area contributed by atoms with Crippen LogP contribution in [0.3, 0.4) is 0 Å². The Bertz CT molecular complexity index is 1890. The molecule has 1 aliphatic carbocycles. The fourth-order valence-electron chi connectivity index (χ4n) is 7.61. The topological polar surface area (TPSA) is 81.0 Å². The van der Waals surface area contributed by atoms with Crippen molar-refractivity contribution in [2.75, 3.05) is 18.9 Å². The normalized spacial score (nSPS) is 21.3. The van der Waals surface area contributed by atoms with Crippen LogP contribution in [-0.2, 0) is 26.8 Å². The number of anilines is 1. The van der Waals surface area contributed by atoms with Gasteiger partial charge in [0.1, 0.15) is 11.9 Å². The molecule has 1 amide bonds. The van der Waals surface area contributed by atoms with Crippen LogP contribution in [0.1, 0.15) is 134 Å². The number of ether oxygens (including phenoxy) is 1. The Morgan fingerprint density at radius 1 is 1.00 bits per heavy atom. The molecule has 6 rings (SSSR count). The molecule has 2 aliphatic rings. The van der Waals surface area contributed by atoms with Crippen LogP contribution in [0.5, 0.6) is 5.75 Å². The van der Waals surface area contributed by atoms with E-state index in [9.17, 15) is 4.79 Å². The highest BCUT2D eigenvalue weighted by atomic mass is 28.4. The number of nitrogens with one attached hydrogen (secondary N) is 1. The van der Waals surface area contributed by atoms with Crippen molar-refractivity contribution in [2.24, 2.45) is 0 Å². The Morgan fingerprint density at radius 3 is 2.44 bits per heavy atom. The Balaban J connectivity index is 1.09. The molecule has 0 bridgehead atoms. The first-order valence-corrected chi connectivity index (χ1v) is 22.3. The Kier molecular flexibility index (Phi) is 10.8. The third kappa shape index (κ3) is 8.16. The van der Waals surface area contributed by atoms with Gasteiger partial charge in [0.2, 0.25) is 5.91 Å². The molecule has 9 heteroatoms. The van der Waals surface area contributed by atoms with E-state index < -0.39 is 8.32 Å². The highest BCUT2D eigenvalue weighted by molar-refractivity contribution is 6.74. The summed E-state index contributed by atoms with van der Waals surface area (Å²) < 4.78 is 15.4. The first-order chi connectivity index (χ1) is 24.4. The number of hydrogen-bond acceptors (Lipinski definition) is 6. The zero-order valence-corrected chi connectivity index (χ0v) is 34.3. The van der Waals surface area contributed by atoms with Crippen LogP contribution in [0, 0.1) is 0 Å². The lowest BCUT2D eigenvalue weighted by Crippen LogP contribution is -2.40. The standard InChI is InChI=1S/C43H61N5O3Si/c1-41(2,3)32-25-30(29-50-52(9,10)42(4,5)6)26-33(27-32)44-39(49)18-13-15-31-19-21-37(36-17-12-11-16-35(31)36)51-34-20-22-38-45-46-40(48(38)28-34)43(7)23-14-24-47(43)8/h11-12,16-17,20,22,25-28,31,37H,13-15,18-19,21,23-24,29H2,1-10H3,(H,44,49)/t31-,37+,43-/m0/s1. The number of aromatic nitrogens is 3. The summed E-state index contributed by atoms with van der Waals surface area (Å²) in [6.07, 6.45) is 8.50. The lowest BCUT2D eigenvalue weighted by Gasteiger charge is -2.36. The predicted molar refractivity (Wildman–Crippen MR) is 214 cm³/mol. The zero-order valence-electron chi connectivity index (χ0n) is 33.3. The molecule has 8 nitrogen and oxygen atoms in total. The number of carbonyl (C=O) groups excluding carboxylic acids is 1. The van der Waals surface area contributed by atoms with Crippen molar-refractivity contribution in [3.05, 3.63) is 88.9 Å². The van der Waals surface area contributed by atoms with Gasteiger partial charge in [-0.2, -0.15) is 0 Å². The second kappa shape index (κ2) is 14.7. The maximum atomic E-state index is 13.3. The number of rotatable bonds is 11. The monoisotopic (exact) mass is 723 g/mol. The number of fused-ring (bicyclic) bond motifs is 2. The van der Waals surface area contributed by atoms with E-state index in [0.29, 0.717) is 18.9 Å². The SMILES string of the molecule is CN1CCC[C@@]1(C)c1nnc2ccc(O[C@@H]3CC[C@H](CCCC(=O)Nc4cc(CO[Si](C)(C)C(C)(C)C)cc(C(C)(C)C)c4)c4ccccc43)cn12. The van der Waals surface area contributed by atoms with Crippen molar-refractivity contribution in [2.45, 2.75) is 141 Å². The van der Waals surface area contributed by atoms with Crippen LogP contribution in [-0.4, -0.2) is 47.3 Å². The first kappa shape index (κ1) is 38.2. The average molecular weight is 724 g/mol. The van der Waals surface area contributed by atoms with Gasteiger partial charge in [-0.25, -0.2) is 0 Å². The lowest BCUT2D eigenvalue weighted by atomic mass is 9.79. The Hall–Kier alpha value is -3.53. The summed E-state index contributed by atoms with van der Waals surface area (Å²) in [6, 6.07) is 19.2. The van der Waals surface area contributed by atoms with Crippen molar-refractivity contribution in [1.82, 2.24) is 19.5 Å². The maximum Gasteiger partial charge on any atom is 0.224 e. The van der Waals surface area contributed by atoms with Crippen LogP contribution >= 0.6 is 0 Å². The van der Waals surface area contributed by atoms with Gasteiger partial charge in [-0.15, -0.1) is 10.2 Å². The molecule has 1 aliphatic heterocycles. The largest absolute Gasteiger partial charge is 0.484 e. The van der Waals surface area contributed by atoms with Gasteiger partial charge in [-0.1, -0.05) is 71.9 Å². The molecular weight excluding hydrogens is 663 g/mol. The highest BCUT2D eigenvalue weighted by Gasteiger charge is 2.40. The third-order valence-corrected chi connectivity index (χ3v) is 16.7. The minimum absolute atomic E-state index is 0.0252. The minimum Gasteiger partial charge on any atom is -0.484 e. The number of pyridine rings is 1. The minimum atomic E-state index is -1.91. The maximum absolute atomic E-state index is 13.3. The van der Waals surface area contributed by atoms with Gasteiger partial charge in [0, 0.05) is 12.1 Å². The Labute approximate surface area is 312 Å². The summed E-state index contributed by atoms with van der Waals surface area (Å²) in [5.74, 6) is 2.27. The summed E-state index contributed by atoms with van der Waals surface area (Å²) in [5.41, 5.74) is 6.42.